The molecule has 8 nitrogen and oxygen atoms in total. The maximum absolute atomic E-state index is 12.7. The Morgan fingerprint density at radius 2 is 1.67 bits per heavy atom. The lowest BCUT2D eigenvalue weighted by atomic mass is 10.1. The molecule has 0 saturated carbocycles. The van der Waals surface area contributed by atoms with Gasteiger partial charge in [0.2, 0.25) is 5.91 Å². The zero-order valence-corrected chi connectivity index (χ0v) is 19.0. The van der Waals surface area contributed by atoms with E-state index >= 15 is 0 Å². The fraction of sp³-hybridized carbons (Fsp3) is 0.320. The van der Waals surface area contributed by atoms with Crippen molar-refractivity contribution < 1.29 is 23.9 Å². The Morgan fingerprint density at radius 3 is 2.36 bits per heavy atom. The Morgan fingerprint density at radius 1 is 0.939 bits per heavy atom. The molecular formula is C25H27N3O5. The summed E-state index contributed by atoms with van der Waals surface area (Å²) in [5.74, 6) is -0.187. The lowest BCUT2D eigenvalue weighted by Gasteiger charge is -2.35. The van der Waals surface area contributed by atoms with Crippen molar-refractivity contribution in [2.24, 2.45) is 0 Å². The van der Waals surface area contributed by atoms with Gasteiger partial charge in [0.05, 0.1) is 0 Å². The number of hydrogen-bond donors (Lipinski definition) is 0. The van der Waals surface area contributed by atoms with Crippen molar-refractivity contribution in [3.8, 4) is 0 Å². The van der Waals surface area contributed by atoms with Crippen LogP contribution in [0.5, 0.6) is 0 Å². The van der Waals surface area contributed by atoms with Crippen LogP contribution in [-0.2, 0) is 20.9 Å². The van der Waals surface area contributed by atoms with E-state index in [0.29, 0.717) is 18.8 Å². The number of amides is 2. The molecule has 8 heteroatoms. The first-order valence-corrected chi connectivity index (χ1v) is 10.8. The van der Waals surface area contributed by atoms with E-state index in [1.807, 2.05) is 48.5 Å². The first-order chi connectivity index (χ1) is 15.7. The van der Waals surface area contributed by atoms with E-state index in [0.717, 1.165) is 16.3 Å². The van der Waals surface area contributed by atoms with Crippen LogP contribution in [0.4, 0.5) is 15.3 Å². The van der Waals surface area contributed by atoms with Crippen LogP contribution in [0.3, 0.4) is 0 Å². The van der Waals surface area contributed by atoms with Gasteiger partial charge in [0, 0.05) is 41.9 Å². The normalized spacial score (nSPS) is 14.5. The van der Waals surface area contributed by atoms with Gasteiger partial charge in [-0.25, -0.2) is 9.59 Å². The molecule has 0 unspecified atom stereocenters. The van der Waals surface area contributed by atoms with Gasteiger partial charge in [0.25, 0.3) is 0 Å². The number of carbonyl (C=O) groups excluding carboxylic acids is 3. The number of fused-ring (bicyclic) bond motifs is 1. The average molecular weight is 450 g/mol. The summed E-state index contributed by atoms with van der Waals surface area (Å²) in [7, 11) is 0. The van der Waals surface area contributed by atoms with Crippen LogP contribution in [0, 0.1) is 0 Å². The molecular weight excluding hydrogens is 422 g/mol. The van der Waals surface area contributed by atoms with Crippen molar-refractivity contribution in [2.45, 2.75) is 33.0 Å². The zero-order chi connectivity index (χ0) is 23.6. The Bertz CT molecular complexity index is 1180. The summed E-state index contributed by atoms with van der Waals surface area (Å²) < 4.78 is 12.2. The van der Waals surface area contributed by atoms with Crippen LogP contribution in [0.2, 0.25) is 0 Å². The Hall–Kier alpha value is -3.81. The summed E-state index contributed by atoms with van der Waals surface area (Å²) >= 11 is 0. The molecule has 0 radical (unpaired) electrons. The highest BCUT2D eigenvalue weighted by atomic mass is 16.6. The summed E-state index contributed by atoms with van der Waals surface area (Å²) in [6, 6.07) is 15.0. The van der Waals surface area contributed by atoms with Gasteiger partial charge >= 0.3 is 12.2 Å². The maximum Gasteiger partial charge on any atom is 0.418 e. The Labute approximate surface area is 192 Å². The lowest BCUT2D eigenvalue weighted by molar-refractivity contribution is -0.121. The van der Waals surface area contributed by atoms with Crippen LogP contribution in [0.15, 0.2) is 60.9 Å². The van der Waals surface area contributed by atoms with E-state index in [1.165, 1.54) is 9.47 Å². The molecule has 2 amide bonds. The van der Waals surface area contributed by atoms with Gasteiger partial charge in [-0.1, -0.05) is 36.4 Å². The molecule has 172 valence electrons. The van der Waals surface area contributed by atoms with Gasteiger partial charge in [-0.05, 0) is 38.5 Å². The fourth-order valence-corrected chi connectivity index (χ4v) is 3.62. The molecule has 1 fully saturated rings. The predicted octanol–water partition coefficient (Wildman–Crippen LogP) is 4.41. The van der Waals surface area contributed by atoms with Crippen LogP contribution in [0.1, 0.15) is 26.3 Å². The van der Waals surface area contributed by atoms with Crippen molar-refractivity contribution in [1.29, 1.82) is 0 Å². The monoisotopic (exact) mass is 449 g/mol. The predicted molar refractivity (Wildman–Crippen MR) is 124 cm³/mol. The topological polar surface area (TPSA) is 81.1 Å². The molecule has 2 heterocycles. The fourth-order valence-electron chi connectivity index (χ4n) is 3.62. The lowest BCUT2D eigenvalue weighted by Crippen LogP contribution is -2.53. The van der Waals surface area contributed by atoms with Crippen LogP contribution in [-0.4, -0.2) is 52.8 Å². The molecule has 0 atom stereocenters. The van der Waals surface area contributed by atoms with E-state index in [4.69, 9.17) is 9.47 Å². The third kappa shape index (κ3) is 5.34. The van der Waals surface area contributed by atoms with Crippen LogP contribution in [0.25, 0.3) is 10.8 Å². The van der Waals surface area contributed by atoms with Crippen molar-refractivity contribution >= 4 is 34.6 Å². The number of piperazine rings is 1. The zero-order valence-electron chi connectivity index (χ0n) is 19.0. The molecule has 1 aromatic heterocycles. The number of carbonyl (C=O) groups is 3. The maximum atomic E-state index is 12.7. The Balaban J connectivity index is 1.42. The minimum absolute atomic E-state index is 0.0419. The van der Waals surface area contributed by atoms with Crippen molar-refractivity contribution in [3.63, 3.8) is 0 Å². The molecule has 0 bridgehead atoms. The number of ether oxygens (including phenoxy) is 2. The number of rotatable bonds is 3. The van der Waals surface area contributed by atoms with Gasteiger partial charge in [-0.3, -0.25) is 14.3 Å². The van der Waals surface area contributed by atoms with Crippen LogP contribution >= 0.6 is 0 Å². The van der Waals surface area contributed by atoms with E-state index in [9.17, 15) is 14.4 Å². The molecule has 0 spiro atoms. The van der Waals surface area contributed by atoms with E-state index in [1.54, 1.807) is 38.1 Å². The highest BCUT2D eigenvalue weighted by Crippen LogP contribution is 2.25. The van der Waals surface area contributed by atoms with E-state index < -0.39 is 17.8 Å². The molecule has 0 aliphatic carbocycles. The first-order valence-electron chi connectivity index (χ1n) is 10.8. The average Bonchev–Trinajstić information content (AvgIpc) is 3.20. The smallest absolute Gasteiger partial charge is 0.418 e. The van der Waals surface area contributed by atoms with Crippen molar-refractivity contribution in [3.05, 3.63) is 66.5 Å². The minimum Gasteiger partial charge on any atom is -0.444 e. The third-order valence-corrected chi connectivity index (χ3v) is 5.23. The minimum atomic E-state index is -0.613. The summed E-state index contributed by atoms with van der Waals surface area (Å²) in [5.41, 5.74) is 1.01. The van der Waals surface area contributed by atoms with Crippen molar-refractivity contribution in [2.75, 3.05) is 24.5 Å². The summed E-state index contributed by atoms with van der Waals surface area (Å²) in [6.07, 6.45) is 2.43. The molecule has 1 saturated heterocycles. The molecule has 1 aliphatic rings. The van der Waals surface area contributed by atoms with Gasteiger partial charge in [-0.2, -0.15) is 0 Å². The number of hydrogen-bond acceptors (Lipinski definition) is 5. The molecule has 3 aromatic rings. The van der Waals surface area contributed by atoms with Crippen molar-refractivity contribution in [1.82, 2.24) is 9.47 Å². The van der Waals surface area contributed by atoms with Gasteiger partial charge in [-0.15, -0.1) is 0 Å². The molecule has 1 aliphatic heterocycles. The number of aromatic nitrogens is 1. The first kappa shape index (κ1) is 22.4. The second-order valence-electron chi connectivity index (χ2n) is 8.97. The molecule has 2 aromatic carbocycles. The third-order valence-electron chi connectivity index (χ3n) is 5.23. The van der Waals surface area contributed by atoms with Crippen LogP contribution < -0.4 is 4.90 Å². The largest absolute Gasteiger partial charge is 0.444 e. The summed E-state index contributed by atoms with van der Waals surface area (Å²) in [6.45, 7) is 6.27. The molecule has 0 N–H and O–H groups in total. The van der Waals surface area contributed by atoms with E-state index in [2.05, 4.69) is 0 Å². The highest BCUT2D eigenvalue weighted by molar-refractivity contribution is 5.99. The second kappa shape index (κ2) is 8.97. The number of nitrogens with zero attached hydrogens (tertiary/aromatic N) is 3. The quantitative estimate of drug-likeness (QED) is 0.592. The summed E-state index contributed by atoms with van der Waals surface area (Å²) in [5, 5.41) is 1.67. The summed E-state index contributed by atoms with van der Waals surface area (Å²) in [4.78, 5) is 40.5. The second-order valence-corrected chi connectivity index (χ2v) is 8.97. The SMILES string of the molecule is CC(C)(C)OC(=O)N1CCN(c2ccc3cn(C(=O)OCc4ccccc4)cc3c2)C(=O)C1. The Kier molecular flexibility index (Phi) is 6.09. The highest BCUT2D eigenvalue weighted by Gasteiger charge is 2.31. The van der Waals surface area contributed by atoms with E-state index in [-0.39, 0.29) is 19.1 Å². The molecule has 4 rings (SSSR count). The number of anilines is 1. The van der Waals surface area contributed by atoms with Gasteiger partial charge in [0.1, 0.15) is 18.8 Å². The van der Waals surface area contributed by atoms with Gasteiger partial charge in [0.15, 0.2) is 0 Å². The van der Waals surface area contributed by atoms with Gasteiger partial charge < -0.3 is 14.4 Å². The standard InChI is InChI=1S/C25H27N3O5/c1-25(2,3)33-24(31)26-11-12-28(22(29)16-26)21-10-9-19-14-27(15-20(19)13-21)23(30)32-17-18-7-5-4-6-8-18/h4-10,13-15H,11-12,16-17H2,1-3H3. The number of benzene rings is 2. The molecule has 33 heavy (non-hydrogen) atoms.